The SMILES string of the molecule is CCCCC/C=C\C/C=C\CCCCCCCCCCCC(=O)OCC(O)COP(=O)(O)OCC(NC(=O)CCCCCCCCCCCCCCCCCCCCCC)C(=O)O. The van der Waals surface area contributed by atoms with Crippen LogP contribution in [0.5, 0.6) is 0 Å². The van der Waals surface area contributed by atoms with Crippen molar-refractivity contribution in [3.63, 3.8) is 0 Å². The van der Waals surface area contributed by atoms with E-state index in [9.17, 15) is 34.1 Å². The quantitative estimate of drug-likeness (QED) is 0.0199. The number of hydrogen-bond donors (Lipinski definition) is 4. The molecule has 1 amide bonds. The lowest BCUT2D eigenvalue weighted by molar-refractivity contribution is -0.147. The van der Waals surface area contributed by atoms with Crippen LogP contribution in [-0.4, -0.2) is 64.9 Å². The third-order valence-corrected chi connectivity index (χ3v) is 12.4. The highest BCUT2D eigenvalue weighted by molar-refractivity contribution is 7.47. The highest BCUT2D eigenvalue weighted by Crippen LogP contribution is 2.43. The van der Waals surface area contributed by atoms with Gasteiger partial charge in [-0.1, -0.05) is 218 Å². The third-order valence-electron chi connectivity index (χ3n) is 11.5. The Bertz CT molecular complexity index is 1160. The Morgan fingerprint density at radius 2 is 0.873 bits per heavy atom. The van der Waals surface area contributed by atoms with E-state index in [1.54, 1.807) is 0 Å². The molecule has 0 bridgehead atoms. The van der Waals surface area contributed by atoms with Crippen molar-refractivity contribution >= 4 is 25.7 Å². The molecule has 0 rings (SSSR count). The molecule has 3 unspecified atom stereocenters. The zero-order valence-electron chi connectivity index (χ0n) is 40.4. The number of hydrogen-bond acceptors (Lipinski definition) is 8. The van der Waals surface area contributed by atoms with Gasteiger partial charge in [0.15, 0.2) is 6.04 Å². The van der Waals surface area contributed by atoms with Gasteiger partial charge in [0.05, 0.1) is 13.2 Å². The van der Waals surface area contributed by atoms with Crippen LogP contribution < -0.4 is 5.32 Å². The van der Waals surface area contributed by atoms with Gasteiger partial charge >= 0.3 is 19.8 Å². The number of allylic oxidation sites excluding steroid dienone is 4. The minimum absolute atomic E-state index is 0.151. The normalized spacial score (nSPS) is 13.7. The van der Waals surface area contributed by atoms with E-state index in [2.05, 4.69) is 43.5 Å². The number of carbonyl (C=O) groups is 3. The number of carboxylic acid groups (broad SMARTS) is 1. The largest absolute Gasteiger partial charge is 0.480 e. The molecule has 0 heterocycles. The minimum atomic E-state index is -4.76. The maximum Gasteiger partial charge on any atom is 0.472 e. The standard InChI is InChI=1S/C51H96NO10P/c1-3-5-7-9-11-13-15-17-19-21-23-25-26-28-30-32-34-36-38-40-42-49(54)52-48(51(56)57)46-62-63(58,59)61-45-47(53)44-60-50(55)43-41-39-37-35-33-31-29-27-24-22-20-18-16-14-12-10-8-6-4-2/h12,14,18,20,47-48,53H,3-11,13,15-17,19,21-46H2,1-2H3,(H,52,54)(H,56,57)(H,58,59)/b14-12-,20-18-. The Kier molecular flexibility index (Phi) is 45.0. The highest BCUT2D eigenvalue weighted by atomic mass is 31.2. The van der Waals surface area contributed by atoms with Crippen molar-refractivity contribution in [3.8, 4) is 0 Å². The Labute approximate surface area is 385 Å². The van der Waals surface area contributed by atoms with Gasteiger partial charge in [-0.15, -0.1) is 0 Å². The van der Waals surface area contributed by atoms with Crippen molar-refractivity contribution in [2.75, 3.05) is 19.8 Å². The lowest BCUT2D eigenvalue weighted by atomic mass is 10.0. The maximum atomic E-state index is 12.4. The molecule has 0 aromatic rings. The van der Waals surface area contributed by atoms with Crippen LogP contribution in [0.2, 0.25) is 0 Å². The van der Waals surface area contributed by atoms with Crippen LogP contribution in [0.1, 0.15) is 251 Å². The predicted molar refractivity (Wildman–Crippen MR) is 259 cm³/mol. The van der Waals surface area contributed by atoms with Gasteiger partial charge in [0.1, 0.15) is 12.7 Å². The lowest BCUT2D eigenvalue weighted by Gasteiger charge is -2.18. The fourth-order valence-electron chi connectivity index (χ4n) is 7.47. The second-order valence-electron chi connectivity index (χ2n) is 17.7. The molecule has 0 aliphatic heterocycles. The molecule has 0 spiro atoms. The van der Waals surface area contributed by atoms with E-state index in [1.807, 2.05) is 0 Å². The number of ether oxygens (including phenoxy) is 1. The van der Waals surface area contributed by atoms with Gasteiger partial charge in [-0.2, -0.15) is 0 Å². The van der Waals surface area contributed by atoms with E-state index in [-0.39, 0.29) is 12.8 Å². The summed E-state index contributed by atoms with van der Waals surface area (Å²) < 4.78 is 27.0. The molecule has 11 nitrogen and oxygen atoms in total. The van der Waals surface area contributed by atoms with E-state index >= 15 is 0 Å². The Morgan fingerprint density at radius 1 is 0.508 bits per heavy atom. The molecule has 12 heteroatoms. The Hall–Kier alpha value is -2.04. The van der Waals surface area contributed by atoms with Gasteiger partial charge in [0.25, 0.3) is 0 Å². The molecule has 0 saturated carbocycles. The molecular weight excluding hydrogens is 818 g/mol. The van der Waals surface area contributed by atoms with E-state index in [1.165, 1.54) is 161 Å². The fraction of sp³-hybridized carbons (Fsp3) is 0.863. The monoisotopic (exact) mass is 914 g/mol. The summed E-state index contributed by atoms with van der Waals surface area (Å²) in [7, 11) is -4.76. The van der Waals surface area contributed by atoms with Crippen molar-refractivity contribution in [3.05, 3.63) is 24.3 Å². The smallest absolute Gasteiger partial charge is 0.472 e. The number of esters is 1. The van der Waals surface area contributed by atoms with Gasteiger partial charge in [-0.25, -0.2) is 9.36 Å². The van der Waals surface area contributed by atoms with Gasteiger partial charge < -0.3 is 25.2 Å². The highest BCUT2D eigenvalue weighted by Gasteiger charge is 2.28. The second-order valence-corrected chi connectivity index (χ2v) is 19.2. The van der Waals surface area contributed by atoms with E-state index in [4.69, 9.17) is 13.8 Å². The molecule has 0 saturated heterocycles. The van der Waals surface area contributed by atoms with Crippen LogP contribution in [0.3, 0.4) is 0 Å². The number of phosphoric ester groups is 1. The Morgan fingerprint density at radius 3 is 1.32 bits per heavy atom. The van der Waals surface area contributed by atoms with Crippen molar-refractivity contribution < 1.29 is 47.8 Å². The lowest BCUT2D eigenvalue weighted by Crippen LogP contribution is -2.43. The number of rotatable bonds is 49. The van der Waals surface area contributed by atoms with Crippen molar-refractivity contribution in [2.24, 2.45) is 0 Å². The second kappa shape index (κ2) is 46.5. The number of amides is 1. The summed E-state index contributed by atoms with van der Waals surface area (Å²) in [5, 5.41) is 21.9. The summed E-state index contributed by atoms with van der Waals surface area (Å²) in [6.07, 6.45) is 50.5. The van der Waals surface area contributed by atoms with Crippen LogP contribution >= 0.6 is 7.82 Å². The van der Waals surface area contributed by atoms with Crippen LogP contribution in [0.15, 0.2) is 24.3 Å². The first-order chi connectivity index (χ1) is 30.6. The molecule has 0 aliphatic carbocycles. The third kappa shape index (κ3) is 46.3. The van der Waals surface area contributed by atoms with E-state index in [0.29, 0.717) is 12.8 Å². The molecule has 0 aromatic heterocycles. The number of nitrogens with one attached hydrogen (secondary N) is 1. The number of phosphoric acid groups is 1. The number of aliphatic hydroxyl groups excluding tert-OH is 1. The number of carbonyl (C=O) groups excluding carboxylic acids is 2. The van der Waals surface area contributed by atoms with Crippen molar-refractivity contribution in [1.29, 1.82) is 0 Å². The predicted octanol–water partition coefficient (Wildman–Crippen LogP) is 14.2. The number of aliphatic hydroxyl groups is 1. The number of carboxylic acids is 1. The van der Waals surface area contributed by atoms with Gasteiger partial charge in [0, 0.05) is 12.8 Å². The summed E-state index contributed by atoms with van der Waals surface area (Å²) in [4.78, 5) is 46.1. The first kappa shape index (κ1) is 61.0. The van der Waals surface area contributed by atoms with Crippen molar-refractivity contribution in [1.82, 2.24) is 5.32 Å². The summed E-state index contributed by atoms with van der Waals surface area (Å²) in [6.45, 7) is 2.61. The average Bonchev–Trinajstić information content (AvgIpc) is 3.26. The Balaban J connectivity index is 3.80. The topological polar surface area (TPSA) is 169 Å². The molecule has 0 aliphatic rings. The van der Waals surface area contributed by atoms with Crippen molar-refractivity contribution in [2.45, 2.75) is 264 Å². The summed E-state index contributed by atoms with van der Waals surface area (Å²) in [5.41, 5.74) is 0. The molecular formula is C51H96NO10P. The number of aliphatic carboxylic acids is 1. The van der Waals surface area contributed by atoms with Crippen LogP contribution in [0.25, 0.3) is 0 Å². The first-order valence-electron chi connectivity index (χ1n) is 25.9. The van der Waals surface area contributed by atoms with Crippen LogP contribution in [-0.2, 0) is 32.7 Å². The number of unbranched alkanes of at least 4 members (excludes halogenated alkanes) is 31. The summed E-state index contributed by atoms with van der Waals surface area (Å²) in [6, 6.07) is -1.54. The molecule has 3 atom stereocenters. The van der Waals surface area contributed by atoms with Gasteiger partial charge in [0.2, 0.25) is 5.91 Å². The van der Waals surface area contributed by atoms with E-state index < -0.39 is 57.6 Å². The van der Waals surface area contributed by atoms with Gasteiger partial charge in [-0.05, 0) is 44.9 Å². The molecule has 0 fully saturated rings. The maximum absolute atomic E-state index is 12.4. The van der Waals surface area contributed by atoms with Crippen LogP contribution in [0, 0.1) is 0 Å². The van der Waals surface area contributed by atoms with Crippen LogP contribution in [0.4, 0.5) is 0 Å². The fourth-order valence-corrected chi connectivity index (χ4v) is 8.24. The summed E-state index contributed by atoms with van der Waals surface area (Å²) >= 11 is 0. The zero-order chi connectivity index (χ0) is 46.3. The van der Waals surface area contributed by atoms with E-state index in [0.717, 1.165) is 51.4 Å². The molecule has 370 valence electrons. The van der Waals surface area contributed by atoms with Gasteiger partial charge in [-0.3, -0.25) is 18.6 Å². The average molecular weight is 914 g/mol. The molecule has 0 radical (unpaired) electrons. The first-order valence-corrected chi connectivity index (χ1v) is 27.4. The molecule has 63 heavy (non-hydrogen) atoms. The molecule has 4 N–H and O–H groups in total. The summed E-state index contributed by atoms with van der Waals surface area (Å²) in [5.74, 6) is -2.36. The molecule has 0 aromatic carbocycles. The zero-order valence-corrected chi connectivity index (χ0v) is 41.3. The minimum Gasteiger partial charge on any atom is -0.480 e.